The van der Waals surface area contributed by atoms with E-state index in [4.69, 9.17) is 9.47 Å². The van der Waals surface area contributed by atoms with E-state index in [9.17, 15) is 30.0 Å². The van der Waals surface area contributed by atoms with Crippen molar-refractivity contribution in [2.24, 2.45) is 40.4 Å². The van der Waals surface area contributed by atoms with Crippen molar-refractivity contribution in [3.63, 3.8) is 0 Å². The fraction of sp³-hybridized carbons (Fsp3) is 0.926. The van der Waals surface area contributed by atoms with Gasteiger partial charge in [-0.15, -0.1) is 0 Å². The van der Waals surface area contributed by atoms with Crippen molar-refractivity contribution in [3.05, 3.63) is 0 Å². The summed E-state index contributed by atoms with van der Waals surface area (Å²) in [4.78, 5) is 23.8. The smallest absolute Gasteiger partial charge is 0.335 e. The molecule has 8 nitrogen and oxygen atoms in total. The number of Topliss-reactive ketones (excluding diaryl/α,β-unsaturated/α-hetero) is 1. The van der Waals surface area contributed by atoms with Crippen LogP contribution in [0.1, 0.15) is 78.6 Å². The van der Waals surface area contributed by atoms with Gasteiger partial charge in [0.05, 0.1) is 6.10 Å². The largest absolute Gasteiger partial charge is 0.479 e. The highest BCUT2D eigenvalue weighted by Gasteiger charge is 2.61. The standard InChI is InChI=1S/C27H42O8/c1-13(28)17-6-7-18-16-5-4-14-12-15(8-10-26(14,2)19(16)9-11-27(17,18)3)34-25-22(31)20(29)21(30)23(35-25)24(32)33/h14-23,25,29-31H,4-12H2,1-3H3,(H,32,33)/t14-,15+,16+,17-,18+,19+,20+,21+,22-,23+,25-,26+,27-/m1/s1. The Bertz CT molecular complexity index is 847. The third-order valence-corrected chi connectivity index (χ3v) is 11.2. The van der Waals surface area contributed by atoms with Crippen LogP contribution in [-0.2, 0) is 19.1 Å². The van der Waals surface area contributed by atoms with Gasteiger partial charge in [-0.1, -0.05) is 13.8 Å². The molecule has 5 rings (SSSR count). The van der Waals surface area contributed by atoms with E-state index >= 15 is 0 Å². The molecule has 4 aliphatic carbocycles. The Morgan fingerprint density at radius 3 is 2.23 bits per heavy atom. The highest BCUT2D eigenvalue weighted by molar-refractivity contribution is 5.79. The van der Waals surface area contributed by atoms with Gasteiger partial charge in [-0.3, -0.25) is 4.79 Å². The number of aliphatic hydroxyl groups is 3. The van der Waals surface area contributed by atoms with Crippen molar-refractivity contribution in [3.8, 4) is 0 Å². The lowest BCUT2D eigenvalue weighted by molar-refractivity contribution is -0.309. The predicted molar refractivity (Wildman–Crippen MR) is 125 cm³/mol. The molecule has 5 fully saturated rings. The molecule has 0 unspecified atom stereocenters. The fourth-order valence-electron chi connectivity index (χ4n) is 9.36. The predicted octanol–water partition coefficient (Wildman–Crippen LogP) is 2.51. The summed E-state index contributed by atoms with van der Waals surface area (Å²) in [6, 6.07) is 0. The van der Waals surface area contributed by atoms with E-state index in [1.807, 2.05) is 0 Å². The molecule has 0 radical (unpaired) electrons. The summed E-state index contributed by atoms with van der Waals surface area (Å²) in [5.41, 5.74) is 0.362. The van der Waals surface area contributed by atoms with E-state index in [0.29, 0.717) is 29.5 Å². The molecule has 0 aromatic rings. The highest BCUT2D eigenvalue weighted by Crippen LogP contribution is 2.67. The molecule has 198 valence electrons. The van der Waals surface area contributed by atoms with Crippen LogP contribution in [0.5, 0.6) is 0 Å². The summed E-state index contributed by atoms with van der Waals surface area (Å²) in [5, 5.41) is 39.7. The number of carboxylic acids is 1. The van der Waals surface area contributed by atoms with Crippen molar-refractivity contribution >= 4 is 11.8 Å². The molecule has 0 amide bonds. The molecule has 1 aliphatic heterocycles. The lowest BCUT2D eigenvalue weighted by Gasteiger charge is -2.61. The molecular weight excluding hydrogens is 452 g/mol. The Balaban J connectivity index is 1.26. The number of aliphatic hydroxyl groups excluding tert-OH is 3. The minimum Gasteiger partial charge on any atom is -0.479 e. The van der Waals surface area contributed by atoms with Crippen LogP contribution in [0.15, 0.2) is 0 Å². The van der Waals surface area contributed by atoms with Gasteiger partial charge in [0.15, 0.2) is 12.4 Å². The molecule has 35 heavy (non-hydrogen) atoms. The average Bonchev–Trinajstić information content (AvgIpc) is 3.17. The molecular formula is C27H42O8. The van der Waals surface area contributed by atoms with E-state index in [0.717, 1.165) is 38.5 Å². The summed E-state index contributed by atoms with van der Waals surface area (Å²) in [6.45, 7) is 6.59. The maximum atomic E-state index is 12.4. The monoisotopic (exact) mass is 494 g/mol. The molecule has 1 saturated heterocycles. The normalized spacial score (nSPS) is 53.8. The number of hydrogen-bond acceptors (Lipinski definition) is 7. The Kier molecular flexibility index (Phi) is 6.61. The van der Waals surface area contributed by atoms with Gasteiger partial charge in [-0.2, -0.15) is 0 Å². The number of fused-ring (bicyclic) bond motifs is 5. The van der Waals surface area contributed by atoms with Gasteiger partial charge in [0.25, 0.3) is 0 Å². The molecule has 4 N–H and O–H groups in total. The van der Waals surface area contributed by atoms with Gasteiger partial charge in [-0.05, 0) is 99.2 Å². The third kappa shape index (κ3) is 3.99. The second-order valence-corrected chi connectivity index (χ2v) is 12.7. The van der Waals surface area contributed by atoms with E-state index in [2.05, 4.69) is 13.8 Å². The molecule has 8 heteroatoms. The number of aliphatic carboxylic acids is 1. The number of carboxylic acid groups (broad SMARTS) is 1. The fourth-order valence-corrected chi connectivity index (χ4v) is 9.36. The quantitative estimate of drug-likeness (QED) is 0.438. The summed E-state index contributed by atoms with van der Waals surface area (Å²) in [7, 11) is 0. The molecule has 13 atom stereocenters. The van der Waals surface area contributed by atoms with E-state index in [-0.39, 0.29) is 22.9 Å². The van der Waals surface area contributed by atoms with Crippen molar-refractivity contribution in [2.45, 2.75) is 115 Å². The average molecular weight is 495 g/mol. The van der Waals surface area contributed by atoms with Crippen LogP contribution < -0.4 is 0 Å². The first kappa shape index (κ1) is 25.6. The van der Waals surface area contributed by atoms with Crippen LogP contribution in [0.4, 0.5) is 0 Å². The third-order valence-electron chi connectivity index (χ3n) is 11.2. The molecule has 1 heterocycles. The Morgan fingerprint density at radius 2 is 1.54 bits per heavy atom. The van der Waals surface area contributed by atoms with Crippen LogP contribution >= 0.6 is 0 Å². The summed E-state index contributed by atoms with van der Waals surface area (Å²) < 4.78 is 11.4. The second-order valence-electron chi connectivity index (χ2n) is 12.7. The molecule has 5 aliphatic rings. The van der Waals surface area contributed by atoms with E-state index in [1.165, 1.54) is 19.3 Å². The molecule has 0 aromatic carbocycles. The highest BCUT2D eigenvalue weighted by atomic mass is 16.7. The van der Waals surface area contributed by atoms with Gasteiger partial charge in [-0.25, -0.2) is 4.79 Å². The zero-order chi connectivity index (χ0) is 25.3. The number of rotatable bonds is 4. The maximum Gasteiger partial charge on any atom is 0.335 e. The molecule has 0 aromatic heterocycles. The van der Waals surface area contributed by atoms with E-state index in [1.54, 1.807) is 6.92 Å². The van der Waals surface area contributed by atoms with Crippen molar-refractivity contribution in [2.75, 3.05) is 0 Å². The van der Waals surface area contributed by atoms with Crippen LogP contribution in [0, 0.1) is 40.4 Å². The summed E-state index contributed by atoms with van der Waals surface area (Å²) in [5.74, 6) is 1.62. The first-order chi connectivity index (χ1) is 16.5. The van der Waals surface area contributed by atoms with Crippen molar-refractivity contribution < 1.29 is 39.5 Å². The van der Waals surface area contributed by atoms with Crippen LogP contribution in [0.2, 0.25) is 0 Å². The topological polar surface area (TPSA) is 134 Å². The number of hydrogen-bond donors (Lipinski definition) is 4. The lowest BCUT2D eigenvalue weighted by Crippen LogP contribution is -2.61. The zero-order valence-corrected chi connectivity index (χ0v) is 21.1. The maximum absolute atomic E-state index is 12.4. The number of ketones is 1. The van der Waals surface area contributed by atoms with Crippen LogP contribution in [0.3, 0.4) is 0 Å². The van der Waals surface area contributed by atoms with Gasteiger partial charge >= 0.3 is 5.97 Å². The molecule has 4 saturated carbocycles. The SMILES string of the molecule is CC(=O)[C@H]1CC[C@H]2[C@@H]3CC[C@@H]4C[C@@H](O[C@@H]5O[C@H](C(=O)O)[C@@H](O)[C@H](O)[C@H]5O)CC[C@]4(C)[C@H]3CC[C@]12C. The Labute approximate surface area is 207 Å². The van der Waals surface area contributed by atoms with Crippen LogP contribution in [-0.4, -0.2) is 69.0 Å². The zero-order valence-electron chi connectivity index (χ0n) is 21.1. The van der Waals surface area contributed by atoms with Crippen LogP contribution in [0.25, 0.3) is 0 Å². The van der Waals surface area contributed by atoms with Gasteiger partial charge in [0.2, 0.25) is 0 Å². The van der Waals surface area contributed by atoms with Gasteiger partial charge < -0.3 is 29.9 Å². The summed E-state index contributed by atoms with van der Waals surface area (Å²) in [6.07, 6.45) is 1.46. The number of carbonyl (C=O) groups is 2. The van der Waals surface area contributed by atoms with Crippen molar-refractivity contribution in [1.29, 1.82) is 0 Å². The minimum absolute atomic E-state index is 0.150. The first-order valence-electron chi connectivity index (χ1n) is 13.6. The lowest BCUT2D eigenvalue weighted by atomic mass is 9.44. The Hall–Kier alpha value is -1.06. The van der Waals surface area contributed by atoms with E-state index < -0.39 is 36.7 Å². The summed E-state index contributed by atoms with van der Waals surface area (Å²) >= 11 is 0. The number of ether oxygens (including phenoxy) is 2. The van der Waals surface area contributed by atoms with Gasteiger partial charge in [0, 0.05) is 5.92 Å². The number of carbonyl (C=O) groups excluding carboxylic acids is 1. The minimum atomic E-state index is -1.71. The second kappa shape index (κ2) is 9.05. The van der Waals surface area contributed by atoms with Crippen molar-refractivity contribution in [1.82, 2.24) is 0 Å². The Morgan fingerprint density at radius 1 is 0.857 bits per heavy atom. The van der Waals surface area contributed by atoms with Gasteiger partial charge in [0.1, 0.15) is 24.1 Å². The first-order valence-corrected chi connectivity index (χ1v) is 13.6. The molecule has 0 bridgehead atoms. The molecule has 0 spiro atoms.